The lowest BCUT2D eigenvalue weighted by Gasteiger charge is -2.03. The minimum absolute atomic E-state index is 0.639. The van der Waals surface area contributed by atoms with Crippen molar-refractivity contribution >= 4 is 63.5 Å². The fraction of sp³-hybridized carbons (Fsp3) is 0.0741. The Bertz CT molecular complexity index is 1830. The Balaban J connectivity index is 1.54. The topological polar surface area (TPSA) is 41.4 Å². The van der Waals surface area contributed by atoms with Gasteiger partial charge in [-0.3, -0.25) is 0 Å². The first kappa shape index (κ1) is 19.5. The second-order valence-corrected chi connectivity index (χ2v) is 10.6. The lowest BCUT2D eigenvalue weighted by atomic mass is 10.1. The van der Waals surface area contributed by atoms with Crippen molar-refractivity contribution in [1.29, 1.82) is 5.26 Å². The van der Waals surface area contributed by atoms with Crippen LogP contribution in [-0.4, -0.2) is 9.13 Å². The minimum atomic E-state index is 0.639. The van der Waals surface area contributed by atoms with E-state index in [1.165, 1.54) is 40.9 Å². The van der Waals surface area contributed by atoms with E-state index in [0.29, 0.717) is 5.56 Å². The van der Waals surface area contributed by atoms with Crippen LogP contribution in [0.3, 0.4) is 0 Å². The second-order valence-electron chi connectivity index (χ2n) is 8.55. The molecule has 34 heavy (non-hydrogen) atoms. The Morgan fingerprint density at radius 3 is 1.65 bits per heavy atom. The van der Waals surface area contributed by atoms with Crippen LogP contribution in [-0.2, 0) is 14.1 Å². The number of fused-ring (bicyclic) bond motifs is 6. The Labute approximate surface area is 203 Å². The Morgan fingerprint density at radius 1 is 0.706 bits per heavy atom. The zero-order valence-corrected chi connectivity index (χ0v) is 20.2. The summed E-state index contributed by atoms with van der Waals surface area (Å²) >= 11 is 3.58. The number of nitriles is 1. The van der Waals surface area contributed by atoms with Gasteiger partial charge in [0.1, 0.15) is 11.4 Å². The number of nitrogens with zero attached hydrogens (tertiary/aromatic N) is 5. The third-order valence-electron chi connectivity index (χ3n) is 6.39. The Hall–Kier alpha value is -3.99. The lowest BCUT2D eigenvalue weighted by Crippen LogP contribution is -2.24. The molecule has 0 aliphatic rings. The van der Waals surface area contributed by atoms with Crippen molar-refractivity contribution in [1.82, 2.24) is 9.13 Å². The number of aryl methyl sites for hydroxylation is 2. The first-order valence-corrected chi connectivity index (χ1v) is 12.6. The number of hydrogen-bond donors (Lipinski definition) is 0. The molecule has 7 rings (SSSR count). The van der Waals surface area contributed by atoms with Gasteiger partial charge < -0.3 is 0 Å². The van der Waals surface area contributed by atoms with E-state index in [9.17, 15) is 5.26 Å². The summed E-state index contributed by atoms with van der Waals surface area (Å²) in [5, 5.41) is 12.4. The average Bonchev–Trinajstić information content (AvgIpc) is 3.59. The van der Waals surface area contributed by atoms with Crippen LogP contribution in [0.4, 0.5) is 0 Å². The highest BCUT2D eigenvalue weighted by molar-refractivity contribution is 7.25. The maximum absolute atomic E-state index is 9.91. The van der Waals surface area contributed by atoms with E-state index in [0.717, 1.165) is 11.4 Å². The molecule has 0 saturated carbocycles. The van der Waals surface area contributed by atoms with Crippen LogP contribution in [0.5, 0.6) is 0 Å². The first-order chi connectivity index (χ1) is 16.6. The van der Waals surface area contributed by atoms with E-state index in [-0.39, 0.29) is 0 Å². The van der Waals surface area contributed by atoms with Gasteiger partial charge in [-0.05, 0) is 24.3 Å². The summed E-state index contributed by atoms with van der Waals surface area (Å²) < 4.78 is 11.3. The SMILES string of the molecule is C[n+]1cn(-c2cc(C#N)cc(-n3c[n+](C)c4sc5ccccc5c43)c2)c2c3ccccc3sc21. The highest BCUT2D eigenvalue weighted by Crippen LogP contribution is 2.36. The van der Waals surface area contributed by atoms with Gasteiger partial charge in [0.25, 0.3) is 0 Å². The van der Waals surface area contributed by atoms with Crippen LogP contribution in [0.15, 0.2) is 79.4 Å². The highest BCUT2D eigenvalue weighted by Gasteiger charge is 2.25. The molecule has 0 saturated heterocycles. The Kier molecular flexibility index (Phi) is 4.01. The van der Waals surface area contributed by atoms with E-state index in [1.807, 2.05) is 12.1 Å². The van der Waals surface area contributed by atoms with Crippen molar-refractivity contribution in [2.45, 2.75) is 0 Å². The molecule has 0 spiro atoms. The first-order valence-electron chi connectivity index (χ1n) is 10.9. The number of aromatic nitrogens is 4. The summed E-state index contributed by atoms with van der Waals surface area (Å²) in [4.78, 5) is 2.42. The van der Waals surface area contributed by atoms with Crippen LogP contribution < -0.4 is 9.13 Å². The number of thiophene rings is 2. The van der Waals surface area contributed by atoms with Crippen LogP contribution in [0.25, 0.3) is 52.2 Å². The van der Waals surface area contributed by atoms with Crippen molar-refractivity contribution in [2.24, 2.45) is 14.1 Å². The standard InChI is InChI=1S/C27H19N5S2/c1-29-15-31(24-20-7-3-5-9-22(20)33-26(24)29)18-11-17(14-28)12-19(13-18)32-16-30(2)27-25(32)21-8-4-6-10-23(21)34-27/h3-13,15-16H,1-2H3/q+2. The van der Waals surface area contributed by atoms with Gasteiger partial charge in [-0.25, -0.2) is 9.13 Å². The number of benzene rings is 3. The maximum Gasteiger partial charge on any atom is 0.250 e. The molecule has 162 valence electrons. The van der Waals surface area contributed by atoms with E-state index < -0.39 is 0 Å². The predicted octanol–water partition coefficient (Wildman–Crippen LogP) is 5.52. The summed E-state index contributed by atoms with van der Waals surface area (Å²) in [6, 6.07) is 25.5. The van der Waals surface area contributed by atoms with Gasteiger partial charge in [-0.2, -0.15) is 14.4 Å². The van der Waals surface area contributed by atoms with Crippen LogP contribution in [0, 0.1) is 11.3 Å². The van der Waals surface area contributed by atoms with Crippen LogP contribution in [0.1, 0.15) is 5.56 Å². The van der Waals surface area contributed by atoms with Crippen molar-refractivity contribution in [3.05, 3.63) is 84.9 Å². The summed E-state index contributed by atoms with van der Waals surface area (Å²) in [7, 11) is 4.16. The van der Waals surface area contributed by atoms with Gasteiger partial charge >= 0.3 is 0 Å². The summed E-state index contributed by atoms with van der Waals surface area (Å²) in [5.41, 5.74) is 4.95. The van der Waals surface area contributed by atoms with Gasteiger partial charge in [0.15, 0.2) is 11.0 Å². The van der Waals surface area contributed by atoms with Gasteiger partial charge in [-0.1, -0.05) is 46.9 Å². The van der Waals surface area contributed by atoms with E-state index in [2.05, 4.69) is 106 Å². The third-order valence-corrected chi connectivity index (χ3v) is 8.89. The normalized spacial score (nSPS) is 11.8. The van der Waals surface area contributed by atoms with Gasteiger partial charge in [0.05, 0.1) is 25.7 Å². The van der Waals surface area contributed by atoms with Crippen molar-refractivity contribution < 1.29 is 9.13 Å². The molecule has 4 aromatic heterocycles. The largest absolute Gasteiger partial charge is 0.250 e. The molecule has 0 aliphatic heterocycles. The predicted molar refractivity (Wildman–Crippen MR) is 138 cm³/mol. The number of rotatable bonds is 2. The van der Waals surface area contributed by atoms with Crippen molar-refractivity contribution in [3.63, 3.8) is 0 Å². The molecule has 7 heteroatoms. The second kappa shape index (κ2) is 7.00. The summed E-state index contributed by atoms with van der Waals surface area (Å²) in [6.07, 6.45) is 4.22. The van der Waals surface area contributed by atoms with Gasteiger partial charge in [0, 0.05) is 38.4 Å². The van der Waals surface area contributed by atoms with Gasteiger partial charge in [-0.15, -0.1) is 0 Å². The van der Waals surface area contributed by atoms with Crippen LogP contribution >= 0.6 is 22.7 Å². The van der Waals surface area contributed by atoms with Crippen molar-refractivity contribution in [2.75, 3.05) is 0 Å². The Morgan fingerprint density at radius 2 is 1.18 bits per heavy atom. The average molecular weight is 478 g/mol. The summed E-state index contributed by atoms with van der Waals surface area (Å²) in [5.74, 6) is 0. The van der Waals surface area contributed by atoms with E-state index in [1.54, 1.807) is 22.7 Å². The molecule has 0 amide bonds. The molecule has 0 unspecified atom stereocenters. The lowest BCUT2D eigenvalue weighted by molar-refractivity contribution is -0.643. The molecule has 4 heterocycles. The monoisotopic (exact) mass is 477 g/mol. The third kappa shape index (κ3) is 2.64. The molecular formula is C27H19N5S2+2. The molecule has 0 atom stereocenters. The van der Waals surface area contributed by atoms with E-state index in [4.69, 9.17) is 0 Å². The van der Waals surface area contributed by atoms with E-state index >= 15 is 0 Å². The zero-order valence-electron chi connectivity index (χ0n) is 18.6. The molecule has 7 aromatic rings. The molecular weight excluding hydrogens is 458 g/mol. The number of hydrogen-bond acceptors (Lipinski definition) is 3. The maximum atomic E-state index is 9.91. The quantitative estimate of drug-likeness (QED) is 0.302. The molecule has 5 nitrogen and oxygen atoms in total. The number of imidazole rings is 2. The molecule has 0 N–H and O–H groups in total. The molecule has 0 bridgehead atoms. The van der Waals surface area contributed by atoms with Crippen molar-refractivity contribution in [3.8, 4) is 17.4 Å². The molecule has 0 radical (unpaired) electrons. The molecule has 0 fully saturated rings. The van der Waals surface area contributed by atoms with Crippen LogP contribution in [0.2, 0.25) is 0 Å². The smallest absolute Gasteiger partial charge is 0.224 e. The highest BCUT2D eigenvalue weighted by atomic mass is 32.1. The zero-order chi connectivity index (χ0) is 23.0. The minimum Gasteiger partial charge on any atom is -0.224 e. The molecule has 3 aromatic carbocycles. The van der Waals surface area contributed by atoms with Gasteiger partial charge in [0.2, 0.25) is 22.3 Å². The fourth-order valence-electron chi connectivity index (χ4n) is 4.88. The fourth-order valence-corrected chi connectivity index (χ4v) is 7.13. The molecule has 0 aliphatic carbocycles. The summed E-state index contributed by atoms with van der Waals surface area (Å²) in [6.45, 7) is 0.